The van der Waals surface area contributed by atoms with Crippen LogP contribution in [0, 0.1) is 0 Å². The maximum Gasteiger partial charge on any atom is 0.218 e. The van der Waals surface area contributed by atoms with Gasteiger partial charge in [-0.25, -0.2) is 4.98 Å². The fourth-order valence-electron chi connectivity index (χ4n) is 3.94. The van der Waals surface area contributed by atoms with Gasteiger partial charge in [0.05, 0.1) is 17.6 Å². The highest BCUT2D eigenvalue weighted by Gasteiger charge is 2.45. The number of nitrogens with one attached hydrogen (secondary N) is 1. The van der Waals surface area contributed by atoms with Gasteiger partial charge in [-0.2, -0.15) is 4.98 Å². The number of anilines is 1. The molecular formula is C25H44Cl2N4O2Si2. The summed E-state index contributed by atoms with van der Waals surface area (Å²) >= 11 is 13.1. The number of fused-ring (bicyclic) bond motifs is 1. The van der Waals surface area contributed by atoms with Gasteiger partial charge in [0.1, 0.15) is 17.0 Å². The SMILES string of the molecule is CC[C@H]1O[C@@H](n2cc(CCl)c3c(Cl)nc(N[Si](C)(C)C(C)(C)C)nc32)CC1O[Si](C)(C)C(C)(C)C. The summed E-state index contributed by atoms with van der Waals surface area (Å²) < 4.78 is 15.5. The van der Waals surface area contributed by atoms with Crippen LogP contribution in [0.4, 0.5) is 5.95 Å². The van der Waals surface area contributed by atoms with Crippen molar-refractivity contribution in [3.8, 4) is 0 Å². The number of hydrogen-bond acceptors (Lipinski definition) is 5. The van der Waals surface area contributed by atoms with Crippen LogP contribution in [0.25, 0.3) is 11.0 Å². The predicted octanol–water partition coefficient (Wildman–Crippen LogP) is 8.33. The van der Waals surface area contributed by atoms with Gasteiger partial charge in [-0.05, 0) is 35.2 Å². The second-order valence-corrected chi connectivity index (χ2v) is 23.3. The topological polar surface area (TPSA) is 61.2 Å². The molecule has 0 amide bonds. The van der Waals surface area contributed by atoms with Gasteiger partial charge in [0, 0.05) is 18.5 Å². The third-order valence-corrected chi connectivity index (χ3v) is 18.0. The second kappa shape index (κ2) is 9.91. The molecule has 198 valence electrons. The molecule has 0 bridgehead atoms. The van der Waals surface area contributed by atoms with Crippen LogP contribution in [-0.4, -0.2) is 43.3 Å². The molecule has 1 aliphatic rings. The third-order valence-electron chi connectivity index (χ3n) is 8.29. The molecule has 3 heterocycles. The Morgan fingerprint density at radius 1 is 1.11 bits per heavy atom. The van der Waals surface area contributed by atoms with Crippen LogP contribution >= 0.6 is 23.2 Å². The summed E-state index contributed by atoms with van der Waals surface area (Å²) in [5, 5.41) is 1.48. The maximum atomic E-state index is 6.82. The molecule has 0 radical (unpaired) electrons. The van der Waals surface area contributed by atoms with E-state index in [0.717, 1.165) is 29.4 Å². The smallest absolute Gasteiger partial charge is 0.218 e. The summed E-state index contributed by atoms with van der Waals surface area (Å²) in [6.07, 6.45) is 3.58. The molecule has 1 fully saturated rings. The van der Waals surface area contributed by atoms with Crippen molar-refractivity contribution in [1.29, 1.82) is 0 Å². The van der Waals surface area contributed by atoms with Crippen molar-refractivity contribution in [2.75, 3.05) is 4.98 Å². The van der Waals surface area contributed by atoms with Crippen LogP contribution in [0.2, 0.25) is 41.4 Å². The molecule has 1 N–H and O–H groups in total. The Bertz CT molecular complexity index is 1060. The fraction of sp³-hybridized carbons (Fsp3) is 0.760. The molecule has 6 nitrogen and oxygen atoms in total. The quantitative estimate of drug-likeness (QED) is 0.210. The highest BCUT2D eigenvalue weighted by Crippen LogP contribution is 2.43. The van der Waals surface area contributed by atoms with Crippen molar-refractivity contribution in [3.63, 3.8) is 0 Å². The van der Waals surface area contributed by atoms with Gasteiger partial charge in [0.25, 0.3) is 0 Å². The maximum absolute atomic E-state index is 6.82. The molecule has 10 heteroatoms. The number of halogens is 2. The Morgan fingerprint density at radius 3 is 2.26 bits per heavy atom. The lowest BCUT2D eigenvalue weighted by Crippen LogP contribution is -2.46. The molecule has 0 saturated carbocycles. The van der Waals surface area contributed by atoms with Crippen molar-refractivity contribution in [2.24, 2.45) is 0 Å². The van der Waals surface area contributed by atoms with Crippen molar-refractivity contribution in [1.82, 2.24) is 14.5 Å². The molecule has 3 rings (SSSR count). The van der Waals surface area contributed by atoms with Crippen LogP contribution in [0.1, 0.15) is 73.1 Å². The number of nitrogens with zero attached hydrogens (tertiary/aromatic N) is 3. The monoisotopic (exact) mass is 558 g/mol. The van der Waals surface area contributed by atoms with Crippen LogP contribution in [0.15, 0.2) is 6.20 Å². The van der Waals surface area contributed by atoms with Crippen LogP contribution in [0.5, 0.6) is 0 Å². The van der Waals surface area contributed by atoms with Gasteiger partial charge < -0.3 is 18.7 Å². The van der Waals surface area contributed by atoms with E-state index in [-0.39, 0.29) is 28.5 Å². The summed E-state index contributed by atoms with van der Waals surface area (Å²) in [5.41, 5.74) is 1.67. The zero-order valence-corrected chi connectivity index (χ0v) is 26.9. The fourth-order valence-corrected chi connectivity index (χ4v) is 6.83. The predicted molar refractivity (Wildman–Crippen MR) is 154 cm³/mol. The van der Waals surface area contributed by atoms with E-state index in [9.17, 15) is 0 Å². The largest absolute Gasteiger partial charge is 0.411 e. The van der Waals surface area contributed by atoms with Crippen LogP contribution in [-0.2, 0) is 15.0 Å². The molecule has 0 aromatic carbocycles. The summed E-state index contributed by atoms with van der Waals surface area (Å²) in [4.78, 5) is 13.2. The normalized spacial score (nSPS) is 22.3. The number of hydrogen-bond donors (Lipinski definition) is 1. The highest BCUT2D eigenvalue weighted by molar-refractivity contribution is 6.82. The molecule has 35 heavy (non-hydrogen) atoms. The molecule has 0 aliphatic carbocycles. The molecule has 3 atom stereocenters. The summed E-state index contributed by atoms with van der Waals surface area (Å²) in [5.74, 6) is 0.892. The number of rotatable bonds is 7. The lowest BCUT2D eigenvalue weighted by molar-refractivity contribution is -0.0160. The van der Waals surface area contributed by atoms with E-state index in [1.807, 2.05) is 6.20 Å². The van der Waals surface area contributed by atoms with Gasteiger partial charge in [-0.3, -0.25) is 0 Å². The minimum absolute atomic E-state index is 0.0353. The minimum Gasteiger partial charge on any atom is -0.411 e. The lowest BCUT2D eigenvalue weighted by atomic mass is 10.1. The van der Waals surface area contributed by atoms with Gasteiger partial charge in [-0.15, -0.1) is 11.6 Å². The molecule has 2 aromatic heterocycles. The number of aromatic nitrogens is 3. The second-order valence-electron chi connectivity index (χ2n) is 12.9. The Morgan fingerprint density at radius 2 is 1.74 bits per heavy atom. The first kappa shape index (κ1) is 28.9. The van der Waals surface area contributed by atoms with E-state index >= 15 is 0 Å². The molecule has 0 spiro atoms. The Labute approximate surface area is 223 Å². The number of alkyl halides is 1. The van der Waals surface area contributed by atoms with Gasteiger partial charge in [0.2, 0.25) is 5.95 Å². The number of ether oxygens (including phenoxy) is 1. The third kappa shape index (κ3) is 5.77. The van der Waals surface area contributed by atoms with Gasteiger partial charge >= 0.3 is 0 Å². The van der Waals surface area contributed by atoms with Crippen molar-refractivity contribution < 1.29 is 9.16 Å². The zero-order chi connectivity index (χ0) is 26.6. The molecule has 2 aromatic rings. The first-order valence-electron chi connectivity index (χ1n) is 12.7. The van der Waals surface area contributed by atoms with E-state index in [1.165, 1.54) is 0 Å². The van der Waals surface area contributed by atoms with Crippen LogP contribution in [0.3, 0.4) is 0 Å². The van der Waals surface area contributed by atoms with Crippen molar-refractivity contribution in [2.45, 2.75) is 122 Å². The van der Waals surface area contributed by atoms with Crippen LogP contribution < -0.4 is 4.98 Å². The standard InChI is InChI=1S/C25H44Cl2N4O2Si2/c1-12-17-18(33-35(10,11)25(5,6)7)13-19(32-17)31-15-16(14-26)20-21(27)28-23(29-22(20)31)30-34(8,9)24(2,3)4/h15,17-19H,12-14H2,1-11H3,(H,28,29,30)/t17-,18?,19-/m1/s1. The Hall–Kier alpha value is -0.646. The van der Waals surface area contributed by atoms with Gasteiger partial charge in [0.15, 0.2) is 16.6 Å². The first-order chi connectivity index (χ1) is 15.9. The van der Waals surface area contributed by atoms with Crippen molar-refractivity contribution in [3.05, 3.63) is 16.9 Å². The summed E-state index contributed by atoms with van der Waals surface area (Å²) in [7, 11) is -3.83. The summed E-state index contributed by atoms with van der Waals surface area (Å²) in [6.45, 7) is 24.9. The average Bonchev–Trinajstić information content (AvgIpc) is 3.26. The zero-order valence-electron chi connectivity index (χ0n) is 23.3. The van der Waals surface area contributed by atoms with E-state index in [4.69, 9.17) is 37.3 Å². The van der Waals surface area contributed by atoms with Crippen molar-refractivity contribution >= 4 is 56.7 Å². The van der Waals surface area contributed by atoms with E-state index < -0.39 is 16.6 Å². The summed E-state index contributed by atoms with van der Waals surface area (Å²) in [6, 6.07) is 0. The molecular weight excluding hydrogens is 515 g/mol. The minimum atomic E-state index is -1.94. The first-order valence-corrected chi connectivity index (χ1v) is 19.5. The van der Waals surface area contributed by atoms with Gasteiger partial charge in [-0.1, -0.05) is 73.2 Å². The lowest BCUT2D eigenvalue weighted by Gasteiger charge is -2.39. The van der Waals surface area contributed by atoms with E-state index in [2.05, 4.69) is 89.2 Å². The molecule has 1 saturated heterocycles. The highest BCUT2D eigenvalue weighted by atomic mass is 35.5. The Balaban J connectivity index is 2.01. The average molecular weight is 560 g/mol. The van der Waals surface area contributed by atoms with E-state index in [1.54, 1.807) is 0 Å². The van der Waals surface area contributed by atoms with E-state index in [0.29, 0.717) is 17.0 Å². The molecule has 1 aliphatic heterocycles. The Kier molecular flexibility index (Phi) is 8.19. The molecule has 1 unspecified atom stereocenters.